The minimum Gasteiger partial charge on any atom is -0.479 e. The normalized spacial score (nSPS) is 20.3. The van der Waals surface area contributed by atoms with Crippen molar-refractivity contribution in [3.8, 4) is 5.88 Å². The zero-order chi connectivity index (χ0) is 10.7. The Bertz CT molecular complexity index is 341. The van der Waals surface area contributed by atoms with Crippen molar-refractivity contribution in [3.05, 3.63) is 12.0 Å². The average Bonchev–Trinajstić information content (AvgIpc) is 2.73. The molecule has 0 aromatic carbocycles. The predicted octanol–water partition coefficient (Wildman–Crippen LogP) is 0.398. The van der Waals surface area contributed by atoms with Crippen LogP contribution in [-0.2, 0) is 0 Å². The lowest BCUT2D eigenvalue weighted by atomic mass is 10.3. The summed E-state index contributed by atoms with van der Waals surface area (Å²) in [6.45, 7) is 1.86. The molecular weight excluding hydrogens is 199 g/mol. The topological polar surface area (TPSA) is 59.1 Å². The number of nitrogens with zero attached hydrogens (tertiary/aromatic N) is 2. The molecule has 15 heavy (non-hydrogen) atoms. The molecule has 1 aliphatic heterocycles. The molecule has 0 amide bonds. The second-order valence-electron chi connectivity index (χ2n) is 3.38. The molecule has 1 fully saturated rings. The summed E-state index contributed by atoms with van der Waals surface area (Å²) in [4.78, 5) is 7.75. The smallest absolute Gasteiger partial charge is 0.255 e. The lowest BCUT2D eigenvalue weighted by Crippen LogP contribution is -2.23. The van der Waals surface area contributed by atoms with E-state index >= 15 is 0 Å². The highest BCUT2D eigenvalue weighted by Crippen LogP contribution is 2.14. The standard InChI is InChI=1S/C9H13FN4O/c1-15-8-7(10)5-12-9(14-8)13-6-2-3-11-4-6/h5-6,11H,2-4H2,1H3,(H,12,13,14). The summed E-state index contributed by atoms with van der Waals surface area (Å²) in [6, 6.07) is 0.306. The highest BCUT2D eigenvalue weighted by atomic mass is 19.1. The second kappa shape index (κ2) is 4.39. The van der Waals surface area contributed by atoms with E-state index in [-0.39, 0.29) is 5.88 Å². The van der Waals surface area contributed by atoms with Gasteiger partial charge in [0.05, 0.1) is 13.3 Å². The summed E-state index contributed by atoms with van der Waals surface area (Å²) >= 11 is 0. The van der Waals surface area contributed by atoms with Gasteiger partial charge in [0.15, 0.2) is 0 Å². The van der Waals surface area contributed by atoms with Gasteiger partial charge in [-0.3, -0.25) is 0 Å². The third-order valence-electron chi connectivity index (χ3n) is 2.30. The fraction of sp³-hybridized carbons (Fsp3) is 0.556. The van der Waals surface area contributed by atoms with Crippen LogP contribution in [-0.4, -0.2) is 36.2 Å². The van der Waals surface area contributed by atoms with E-state index in [2.05, 4.69) is 20.6 Å². The molecule has 2 heterocycles. The van der Waals surface area contributed by atoms with Crippen molar-refractivity contribution in [1.82, 2.24) is 15.3 Å². The molecule has 0 spiro atoms. The van der Waals surface area contributed by atoms with Gasteiger partial charge in [-0.15, -0.1) is 0 Å². The Morgan fingerprint density at radius 2 is 2.53 bits per heavy atom. The van der Waals surface area contributed by atoms with Crippen molar-refractivity contribution >= 4 is 5.95 Å². The average molecular weight is 212 g/mol. The number of methoxy groups -OCH3 is 1. The Morgan fingerprint density at radius 3 is 3.20 bits per heavy atom. The van der Waals surface area contributed by atoms with Gasteiger partial charge in [-0.1, -0.05) is 0 Å². The monoisotopic (exact) mass is 212 g/mol. The fourth-order valence-electron chi connectivity index (χ4n) is 1.52. The van der Waals surface area contributed by atoms with Gasteiger partial charge in [-0.25, -0.2) is 4.98 Å². The summed E-state index contributed by atoms with van der Waals surface area (Å²) < 4.78 is 17.8. The molecule has 0 bridgehead atoms. The first-order valence-electron chi connectivity index (χ1n) is 4.83. The lowest BCUT2D eigenvalue weighted by molar-refractivity contribution is 0.367. The van der Waals surface area contributed by atoms with E-state index in [9.17, 15) is 4.39 Å². The van der Waals surface area contributed by atoms with Gasteiger partial charge in [-0.2, -0.15) is 9.37 Å². The molecule has 0 saturated carbocycles. The third-order valence-corrected chi connectivity index (χ3v) is 2.30. The van der Waals surface area contributed by atoms with Crippen LogP contribution in [0.25, 0.3) is 0 Å². The van der Waals surface area contributed by atoms with E-state index < -0.39 is 5.82 Å². The van der Waals surface area contributed by atoms with Gasteiger partial charge in [0.2, 0.25) is 11.8 Å². The van der Waals surface area contributed by atoms with Crippen molar-refractivity contribution in [2.45, 2.75) is 12.5 Å². The molecule has 0 radical (unpaired) electrons. The summed E-state index contributed by atoms with van der Waals surface area (Å²) in [5, 5.41) is 6.32. The number of nitrogens with one attached hydrogen (secondary N) is 2. The molecule has 6 heteroatoms. The molecule has 82 valence electrons. The maximum absolute atomic E-state index is 13.0. The quantitative estimate of drug-likeness (QED) is 0.759. The highest BCUT2D eigenvalue weighted by molar-refractivity contribution is 5.30. The second-order valence-corrected chi connectivity index (χ2v) is 3.38. The van der Waals surface area contributed by atoms with Crippen LogP contribution in [0.1, 0.15) is 6.42 Å². The third kappa shape index (κ3) is 2.33. The van der Waals surface area contributed by atoms with E-state index in [1.54, 1.807) is 0 Å². The van der Waals surface area contributed by atoms with Gasteiger partial charge >= 0.3 is 0 Å². The minimum absolute atomic E-state index is 0.0292. The zero-order valence-electron chi connectivity index (χ0n) is 8.46. The largest absolute Gasteiger partial charge is 0.479 e. The van der Waals surface area contributed by atoms with Crippen molar-refractivity contribution in [2.75, 3.05) is 25.5 Å². The predicted molar refractivity (Wildman–Crippen MR) is 53.4 cm³/mol. The van der Waals surface area contributed by atoms with Crippen molar-refractivity contribution in [3.63, 3.8) is 0 Å². The van der Waals surface area contributed by atoms with Crippen molar-refractivity contribution < 1.29 is 9.13 Å². The fourth-order valence-corrected chi connectivity index (χ4v) is 1.52. The maximum Gasteiger partial charge on any atom is 0.255 e. The van der Waals surface area contributed by atoms with Crippen LogP contribution in [0.5, 0.6) is 5.88 Å². The Hall–Kier alpha value is -1.43. The molecule has 5 nitrogen and oxygen atoms in total. The van der Waals surface area contributed by atoms with Gasteiger partial charge in [0, 0.05) is 12.6 Å². The Kier molecular flexibility index (Phi) is 2.96. The molecule has 2 N–H and O–H groups in total. The van der Waals surface area contributed by atoms with E-state index in [1.807, 2.05) is 0 Å². The van der Waals surface area contributed by atoms with Gasteiger partial charge in [0.25, 0.3) is 5.88 Å². The van der Waals surface area contributed by atoms with E-state index in [4.69, 9.17) is 4.74 Å². The molecule has 1 saturated heterocycles. The maximum atomic E-state index is 13.0. The lowest BCUT2D eigenvalue weighted by Gasteiger charge is -2.11. The molecule has 1 aliphatic rings. The molecule has 1 aromatic heterocycles. The van der Waals surface area contributed by atoms with Crippen LogP contribution in [0.4, 0.5) is 10.3 Å². The van der Waals surface area contributed by atoms with Crippen LogP contribution in [0.3, 0.4) is 0 Å². The Balaban J connectivity index is 2.07. The number of anilines is 1. The number of aromatic nitrogens is 2. The van der Waals surface area contributed by atoms with Crippen molar-refractivity contribution in [1.29, 1.82) is 0 Å². The first-order valence-corrected chi connectivity index (χ1v) is 4.83. The van der Waals surface area contributed by atoms with Crippen LogP contribution in [0, 0.1) is 5.82 Å². The first kappa shape index (κ1) is 10.1. The molecule has 1 atom stereocenters. The van der Waals surface area contributed by atoms with Crippen molar-refractivity contribution in [2.24, 2.45) is 0 Å². The number of hydrogen-bond acceptors (Lipinski definition) is 5. The minimum atomic E-state index is -0.549. The highest BCUT2D eigenvalue weighted by Gasteiger charge is 2.16. The molecule has 0 aliphatic carbocycles. The van der Waals surface area contributed by atoms with Crippen LogP contribution < -0.4 is 15.4 Å². The number of hydrogen-bond donors (Lipinski definition) is 2. The number of rotatable bonds is 3. The van der Waals surface area contributed by atoms with Gasteiger partial charge < -0.3 is 15.4 Å². The summed E-state index contributed by atoms with van der Waals surface area (Å²) in [5.74, 6) is -0.173. The first-order chi connectivity index (χ1) is 7.29. The van der Waals surface area contributed by atoms with E-state index in [0.29, 0.717) is 12.0 Å². The molecule has 1 unspecified atom stereocenters. The summed E-state index contributed by atoms with van der Waals surface area (Å²) in [6.07, 6.45) is 2.12. The van der Waals surface area contributed by atoms with Gasteiger partial charge in [-0.05, 0) is 13.0 Å². The van der Waals surface area contributed by atoms with E-state index in [0.717, 1.165) is 25.7 Å². The Labute approximate surface area is 87.1 Å². The SMILES string of the molecule is COc1nc(NC2CCNC2)ncc1F. The van der Waals surface area contributed by atoms with Crippen LogP contribution in [0.15, 0.2) is 6.20 Å². The Morgan fingerprint density at radius 1 is 1.67 bits per heavy atom. The zero-order valence-corrected chi connectivity index (χ0v) is 8.46. The number of halogens is 1. The summed E-state index contributed by atoms with van der Waals surface area (Å²) in [7, 11) is 1.38. The van der Waals surface area contributed by atoms with Crippen LogP contribution >= 0.6 is 0 Å². The van der Waals surface area contributed by atoms with E-state index in [1.165, 1.54) is 7.11 Å². The number of ether oxygens (including phenoxy) is 1. The summed E-state index contributed by atoms with van der Waals surface area (Å²) in [5.41, 5.74) is 0. The molecule has 1 aromatic rings. The van der Waals surface area contributed by atoms with Crippen LogP contribution in [0.2, 0.25) is 0 Å². The van der Waals surface area contributed by atoms with Gasteiger partial charge in [0.1, 0.15) is 0 Å². The molecular formula is C9H13FN4O. The molecule has 2 rings (SSSR count).